The molecule has 2 aromatic rings. The Bertz CT molecular complexity index is 1020. The third-order valence-electron chi connectivity index (χ3n) is 5.29. The zero-order chi connectivity index (χ0) is 24.1. The molecule has 2 rings (SSSR count). The first-order valence-corrected chi connectivity index (χ1v) is 11.2. The zero-order valence-corrected chi connectivity index (χ0v) is 21.0. The molecule has 0 amide bonds. The molecule has 0 aliphatic heterocycles. The van der Waals surface area contributed by atoms with Crippen LogP contribution in [-0.4, -0.2) is 12.8 Å². The lowest BCUT2D eigenvalue weighted by molar-refractivity contribution is 1.14. The second-order valence-electron chi connectivity index (χ2n) is 7.92. The SMILES string of the molecule is C=C(C)C(/C=C(\C)c1ccc(-c2ccc(C)cc2C)cc1)=NC.C=C/C=C\C(=C/C)CC. The van der Waals surface area contributed by atoms with Crippen molar-refractivity contribution in [2.75, 3.05) is 7.05 Å². The molecule has 32 heavy (non-hydrogen) atoms. The molecule has 0 unspecified atom stereocenters. The van der Waals surface area contributed by atoms with E-state index in [2.05, 4.69) is 107 Å². The van der Waals surface area contributed by atoms with Gasteiger partial charge in [-0.3, -0.25) is 4.99 Å². The highest BCUT2D eigenvalue weighted by atomic mass is 14.7. The van der Waals surface area contributed by atoms with Crippen LogP contribution in [0.15, 0.2) is 102 Å². The van der Waals surface area contributed by atoms with Crippen molar-refractivity contribution in [3.8, 4) is 11.1 Å². The van der Waals surface area contributed by atoms with E-state index in [4.69, 9.17) is 0 Å². The smallest absolute Gasteiger partial charge is 0.0596 e. The number of aryl methyl sites for hydroxylation is 2. The minimum absolute atomic E-state index is 0.945. The predicted molar refractivity (Wildman–Crippen MR) is 147 cm³/mol. The lowest BCUT2D eigenvalue weighted by Crippen LogP contribution is -1.95. The van der Waals surface area contributed by atoms with Crippen LogP contribution >= 0.6 is 0 Å². The highest BCUT2D eigenvalue weighted by molar-refractivity contribution is 6.11. The summed E-state index contributed by atoms with van der Waals surface area (Å²) in [5, 5.41) is 0. The molecule has 0 N–H and O–H groups in total. The number of benzene rings is 2. The summed E-state index contributed by atoms with van der Waals surface area (Å²) < 4.78 is 0. The Morgan fingerprint density at radius 1 is 1.03 bits per heavy atom. The molecule has 0 aliphatic carbocycles. The van der Waals surface area contributed by atoms with E-state index in [-0.39, 0.29) is 0 Å². The average Bonchev–Trinajstić information content (AvgIpc) is 2.78. The standard InChI is InChI=1S/C22H25N.C9H14/c1-15(2)22(23-6)14-17(4)19-8-10-20(11-9-19)21-12-7-16(3)13-18(21)5;1-4-7-8-9(5-2)6-3/h7-14H,1H2,2-6H3;4-5,7-8H,1,6H2,2-3H3/b17-14+,23-22?;8-7-,9-5-. The van der Waals surface area contributed by atoms with E-state index < -0.39 is 0 Å². The lowest BCUT2D eigenvalue weighted by atomic mass is 9.96. The van der Waals surface area contributed by atoms with E-state index in [1.54, 1.807) is 13.1 Å². The predicted octanol–water partition coefficient (Wildman–Crippen LogP) is 9.11. The van der Waals surface area contributed by atoms with Crippen LogP contribution in [-0.2, 0) is 0 Å². The maximum atomic E-state index is 4.28. The first-order chi connectivity index (χ1) is 15.3. The van der Waals surface area contributed by atoms with Crippen molar-refractivity contribution >= 4 is 11.3 Å². The Labute approximate surface area is 196 Å². The molecule has 2 aromatic carbocycles. The molecule has 0 spiro atoms. The quantitative estimate of drug-likeness (QED) is 0.310. The molecule has 0 radical (unpaired) electrons. The number of allylic oxidation sites excluding steroid dienone is 8. The minimum atomic E-state index is 0.945. The number of hydrogen-bond acceptors (Lipinski definition) is 1. The number of nitrogens with zero attached hydrogens (tertiary/aromatic N) is 1. The van der Waals surface area contributed by atoms with E-state index in [1.165, 1.54) is 39.0 Å². The van der Waals surface area contributed by atoms with Crippen molar-refractivity contribution in [2.24, 2.45) is 4.99 Å². The molecule has 1 heteroatoms. The highest BCUT2D eigenvalue weighted by Crippen LogP contribution is 2.26. The van der Waals surface area contributed by atoms with Gasteiger partial charge in [-0.1, -0.05) is 98.0 Å². The van der Waals surface area contributed by atoms with E-state index >= 15 is 0 Å². The Morgan fingerprint density at radius 2 is 1.69 bits per heavy atom. The summed E-state index contributed by atoms with van der Waals surface area (Å²) in [4.78, 5) is 4.28. The van der Waals surface area contributed by atoms with Crippen LogP contribution in [0, 0.1) is 13.8 Å². The molecular weight excluding hydrogens is 386 g/mol. The van der Waals surface area contributed by atoms with Gasteiger partial charge in [-0.05, 0) is 80.5 Å². The molecule has 0 atom stereocenters. The maximum absolute atomic E-state index is 4.28. The second kappa shape index (κ2) is 14.0. The first-order valence-electron chi connectivity index (χ1n) is 11.2. The summed E-state index contributed by atoms with van der Waals surface area (Å²) in [6, 6.07) is 15.3. The Kier molecular flexibility index (Phi) is 11.7. The van der Waals surface area contributed by atoms with Gasteiger partial charge in [0, 0.05) is 7.05 Å². The third kappa shape index (κ3) is 8.51. The van der Waals surface area contributed by atoms with E-state index in [9.17, 15) is 0 Å². The Balaban J connectivity index is 0.000000482. The van der Waals surface area contributed by atoms with Gasteiger partial charge in [-0.25, -0.2) is 0 Å². The highest BCUT2D eigenvalue weighted by Gasteiger charge is 2.04. The van der Waals surface area contributed by atoms with Gasteiger partial charge in [0.05, 0.1) is 5.71 Å². The molecule has 1 nitrogen and oxygen atoms in total. The summed E-state index contributed by atoms with van der Waals surface area (Å²) in [5.41, 5.74) is 10.8. The van der Waals surface area contributed by atoms with Crippen molar-refractivity contribution in [2.45, 2.75) is 48.0 Å². The number of rotatable bonds is 7. The van der Waals surface area contributed by atoms with E-state index in [1.807, 2.05) is 19.9 Å². The molecule has 0 heterocycles. The van der Waals surface area contributed by atoms with Gasteiger partial charge in [-0.15, -0.1) is 0 Å². The van der Waals surface area contributed by atoms with Crippen LogP contribution in [0.1, 0.15) is 50.8 Å². The molecule has 0 fully saturated rings. The average molecular weight is 426 g/mol. The fraction of sp³-hybridized carbons (Fsp3) is 0.258. The van der Waals surface area contributed by atoms with Crippen LogP contribution in [0.4, 0.5) is 0 Å². The summed E-state index contributed by atoms with van der Waals surface area (Å²) in [5.74, 6) is 0. The molecule has 0 saturated heterocycles. The van der Waals surface area contributed by atoms with E-state index in [0.717, 1.165) is 17.7 Å². The van der Waals surface area contributed by atoms with Gasteiger partial charge < -0.3 is 0 Å². The van der Waals surface area contributed by atoms with Gasteiger partial charge >= 0.3 is 0 Å². The maximum Gasteiger partial charge on any atom is 0.0596 e. The van der Waals surface area contributed by atoms with Gasteiger partial charge in [0.1, 0.15) is 0 Å². The lowest BCUT2D eigenvalue weighted by Gasteiger charge is -2.09. The Morgan fingerprint density at radius 3 is 2.16 bits per heavy atom. The molecular formula is C31H39N. The molecule has 168 valence electrons. The topological polar surface area (TPSA) is 12.4 Å². The van der Waals surface area contributed by atoms with Crippen LogP contribution in [0.3, 0.4) is 0 Å². The molecule has 0 bridgehead atoms. The van der Waals surface area contributed by atoms with Crippen molar-refractivity contribution in [1.82, 2.24) is 0 Å². The first kappa shape index (κ1) is 26.8. The second-order valence-corrected chi connectivity index (χ2v) is 7.92. The number of aliphatic imine (C=N–C) groups is 1. The van der Waals surface area contributed by atoms with Crippen LogP contribution in [0.2, 0.25) is 0 Å². The fourth-order valence-electron chi connectivity index (χ4n) is 3.33. The van der Waals surface area contributed by atoms with Crippen LogP contribution < -0.4 is 0 Å². The van der Waals surface area contributed by atoms with Gasteiger partial charge in [0.25, 0.3) is 0 Å². The Hall–Kier alpha value is -3.19. The molecule has 0 aliphatic rings. The molecule has 0 saturated carbocycles. The summed E-state index contributed by atoms with van der Waals surface area (Å²) >= 11 is 0. The van der Waals surface area contributed by atoms with Crippen molar-refractivity contribution in [3.05, 3.63) is 114 Å². The zero-order valence-electron chi connectivity index (χ0n) is 21.0. The van der Waals surface area contributed by atoms with Gasteiger partial charge in [0.15, 0.2) is 0 Å². The van der Waals surface area contributed by atoms with Gasteiger partial charge in [0.2, 0.25) is 0 Å². The molecule has 0 aromatic heterocycles. The normalized spacial score (nSPS) is 12.4. The summed E-state index contributed by atoms with van der Waals surface area (Å²) in [7, 11) is 1.80. The van der Waals surface area contributed by atoms with Crippen LogP contribution in [0.5, 0.6) is 0 Å². The summed E-state index contributed by atoms with van der Waals surface area (Å²) in [6.07, 6.45) is 11.1. The van der Waals surface area contributed by atoms with E-state index in [0.29, 0.717) is 0 Å². The van der Waals surface area contributed by atoms with Crippen molar-refractivity contribution in [1.29, 1.82) is 0 Å². The number of hydrogen-bond donors (Lipinski definition) is 0. The summed E-state index contributed by atoms with van der Waals surface area (Å²) in [6.45, 7) is 20.1. The third-order valence-corrected chi connectivity index (χ3v) is 5.29. The monoisotopic (exact) mass is 425 g/mol. The largest absolute Gasteiger partial charge is 0.288 e. The fourth-order valence-corrected chi connectivity index (χ4v) is 3.33. The van der Waals surface area contributed by atoms with Gasteiger partial charge in [-0.2, -0.15) is 0 Å². The minimum Gasteiger partial charge on any atom is -0.288 e. The van der Waals surface area contributed by atoms with Crippen molar-refractivity contribution < 1.29 is 0 Å². The van der Waals surface area contributed by atoms with Crippen LogP contribution in [0.25, 0.3) is 16.7 Å². The van der Waals surface area contributed by atoms with Crippen molar-refractivity contribution in [3.63, 3.8) is 0 Å².